The van der Waals surface area contributed by atoms with Crippen molar-refractivity contribution in [2.24, 2.45) is 0 Å². The van der Waals surface area contributed by atoms with Crippen molar-refractivity contribution in [3.8, 4) is 5.75 Å². The molecule has 5 heteroatoms. The van der Waals surface area contributed by atoms with Crippen LogP contribution in [0.3, 0.4) is 0 Å². The summed E-state index contributed by atoms with van der Waals surface area (Å²) in [6.45, 7) is 4.53. The zero-order valence-corrected chi connectivity index (χ0v) is 17.6. The molecular weight excluding hydrogens is 362 g/mol. The predicted molar refractivity (Wildman–Crippen MR) is 116 cm³/mol. The summed E-state index contributed by atoms with van der Waals surface area (Å²) in [7, 11) is 3.68. The van der Waals surface area contributed by atoms with Gasteiger partial charge < -0.3 is 19.4 Å². The molecule has 0 bridgehead atoms. The van der Waals surface area contributed by atoms with Gasteiger partial charge >= 0.3 is 0 Å². The summed E-state index contributed by atoms with van der Waals surface area (Å²) in [6.07, 6.45) is 3.36. The highest BCUT2D eigenvalue weighted by molar-refractivity contribution is 5.77. The van der Waals surface area contributed by atoms with E-state index < -0.39 is 0 Å². The topological polar surface area (TPSA) is 37.2 Å². The second-order valence-electron chi connectivity index (χ2n) is 8.22. The quantitative estimate of drug-likeness (QED) is 0.842. The number of fused-ring (bicyclic) bond motifs is 1. The summed E-state index contributed by atoms with van der Waals surface area (Å²) in [5.41, 5.74) is 3.98. The van der Waals surface area contributed by atoms with Gasteiger partial charge in [-0.25, -0.2) is 0 Å². The smallest absolute Gasteiger partial charge is 0.278 e. The fraction of sp³-hybridized carbons (Fsp3) is 0.458. The lowest BCUT2D eigenvalue weighted by molar-refractivity contribution is -0.892. The molecule has 1 saturated heterocycles. The maximum atomic E-state index is 13.0. The van der Waals surface area contributed by atoms with Crippen LogP contribution in [0.15, 0.2) is 48.5 Å². The number of piperazine rings is 1. The van der Waals surface area contributed by atoms with Crippen molar-refractivity contribution < 1.29 is 14.4 Å². The number of quaternary nitrogens is 1. The van der Waals surface area contributed by atoms with Gasteiger partial charge in [-0.2, -0.15) is 0 Å². The molecule has 1 N–H and O–H groups in total. The second kappa shape index (κ2) is 8.87. The summed E-state index contributed by atoms with van der Waals surface area (Å²) < 4.78 is 5.25. The Kier molecular flexibility index (Phi) is 6.05. The standard InChI is InChI=1S/C24H31N3O2/c1-25(23-9-5-7-19-6-3-4-8-22(19)23)24(28)18-26-14-16-27(17-15-26)20-10-12-21(29-2)13-11-20/h3-4,6,8,10-13,23H,5,7,9,14-18H2,1-2H3/p+1/t23-/m0/s1. The van der Waals surface area contributed by atoms with E-state index in [2.05, 4.69) is 41.3 Å². The van der Waals surface area contributed by atoms with Crippen molar-refractivity contribution in [3.05, 3.63) is 59.7 Å². The SMILES string of the molecule is COc1ccc(N2CC[NH+](CC(=O)N(C)[C@H]3CCCc4ccccc43)CC2)cc1. The molecule has 0 saturated carbocycles. The molecule has 2 aromatic carbocycles. The van der Waals surface area contributed by atoms with Gasteiger partial charge in [0.15, 0.2) is 6.54 Å². The molecule has 1 atom stereocenters. The van der Waals surface area contributed by atoms with E-state index in [4.69, 9.17) is 4.74 Å². The lowest BCUT2D eigenvalue weighted by Gasteiger charge is -2.36. The first-order valence-corrected chi connectivity index (χ1v) is 10.7. The van der Waals surface area contributed by atoms with Gasteiger partial charge in [-0.3, -0.25) is 4.79 Å². The minimum Gasteiger partial charge on any atom is -0.497 e. The van der Waals surface area contributed by atoms with E-state index in [0.29, 0.717) is 6.54 Å². The van der Waals surface area contributed by atoms with E-state index in [-0.39, 0.29) is 11.9 Å². The van der Waals surface area contributed by atoms with Gasteiger partial charge in [0.25, 0.3) is 5.91 Å². The second-order valence-corrected chi connectivity index (χ2v) is 8.22. The highest BCUT2D eigenvalue weighted by Crippen LogP contribution is 2.33. The predicted octanol–water partition coefficient (Wildman–Crippen LogP) is 1.94. The molecule has 2 aromatic rings. The Hall–Kier alpha value is -2.53. The highest BCUT2D eigenvalue weighted by Gasteiger charge is 2.29. The van der Waals surface area contributed by atoms with Crippen LogP contribution in [-0.4, -0.2) is 57.7 Å². The van der Waals surface area contributed by atoms with E-state index in [1.807, 2.05) is 24.1 Å². The number of amides is 1. The average Bonchev–Trinajstić information content (AvgIpc) is 2.79. The van der Waals surface area contributed by atoms with Crippen LogP contribution in [0.1, 0.15) is 30.0 Å². The number of anilines is 1. The monoisotopic (exact) mass is 394 g/mol. The molecule has 29 heavy (non-hydrogen) atoms. The summed E-state index contributed by atoms with van der Waals surface area (Å²) in [5, 5.41) is 0. The maximum Gasteiger partial charge on any atom is 0.278 e. The molecule has 5 nitrogen and oxygen atoms in total. The molecule has 1 fully saturated rings. The Balaban J connectivity index is 1.32. The number of hydrogen-bond acceptors (Lipinski definition) is 3. The molecule has 1 heterocycles. The molecule has 0 unspecified atom stereocenters. The number of hydrogen-bond donors (Lipinski definition) is 1. The van der Waals surface area contributed by atoms with Crippen molar-refractivity contribution in [1.82, 2.24) is 4.90 Å². The van der Waals surface area contributed by atoms with Gasteiger partial charge in [0.05, 0.1) is 39.3 Å². The van der Waals surface area contributed by atoms with Gasteiger partial charge in [0.1, 0.15) is 5.75 Å². The molecule has 1 amide bonds. The lowest BCUT2D eigenvalue weighted by atomic mass is 9.87. The number of likely N-dealkylation sites (N-methyl/N-ethyl adjacent to an activating group) is 1. The first kappa shape index (κ1) is 19.8. The maximum absolute atomic E-state index is 13.0. The van der Waals surface area contributed by atoms with Crippen molar-refractivity contribution in [2.75, 3.05) is 51.8 Å². The molecule has 0 spiro atoms. The zero-order chi connectivity index (χ0) is 20.2. The Morgan fingerprint density at radius 2 is 1.86 bits per heavy atom. The number of nitrogens with zero attached hydrogens (tertiary/aromatic N) is 2. The normalized spacial score (nSPS) is 19.5. The molecule has 1 aliphatic carbocycles. The van der Waals surface area contributed by atoms with Gasteiger partial charge in [-0.1, -0.05) is 24.3 Å². The van der Waals surface area contributed by atoms with Crippen LogP contribution in [0.25, 0.3) is 0 Å². The number of aryl methyl sites for hydroxylation is 1. The Morgan fingerprint density at radius 1 is 1.14 bits per heavy atom. The number of nitrogens with one attached hydrogen (secondary N) is 1. The first-order valence-electron chi connectivity index (χ1n) is 10.7. The Bertz CT molecular complexity index is 828. The average molecular weight is 395 g/mol. The van der Waals surface area contributed by atoms with Crippen LogP contribution in [0.4, 0.5) is 5.69 Å². The third-order valence-corrected chi connectivity index (χ3v) is 6.51. The minimum atomic E-state index is 0.229. The largest absolute Gasteiger partial charge is 0.497 e. The van der Waals surface area contributed by atoms with E-state index >= 15 is 0 Å². The summed E-state index contributed by atoms with van der Waals surface area (Å²) in [5.74, 6) is 1.15. The number of carbonyl (C=O) groups is 1. The molecule has 0 aromatic heterocycles. The Labute approximate surface area is 173 Å². The first-order chi connectivity index (χ1) is 14.2. The van der Waals surface area contributed by atoms with Crippen molar-refractivity contribution in [1.29, 1.82) is 0 Å². The number of carbonyl (C=O) groups excluding carboxylic acids is 1. The lowest BCUT2D eigenvalue weighted by Crippen LogP contribution is -3.15. The Morgan fingerprint density at radius 3 is 2.59 bits per heavy atom. The van der Waals surface area contributed by atoms with Crippen LogP contribution in [0.2, 0.25) is 0 Å². The highest BCUT2D eigenvalue weighted by atomic mass is 16.5. The van der Waals surface area contributed by atoms with Crippen LogP contribution in [-0.2, 0) is 11.2 Å². The van der Waals surface area contributed by atoms with Crippen LogP contribution >= 0.6 is 0 Å². The third kappa shape index (κ3) is 4.40. The van der Waals surface area contributed by atoms with E-state index in [9.17, 15) is 4.79 Å². The van der Waals surface area contributed by atoms with Crippen molar-refractivity contribution in [3.63, 3.8) is 0 Å². The van der Waals surface area contributed by atoms with E-state index in [0.717, 1.165) is 51.2 Å². The molecular formula is C24H32N3O2+. The minimum absolute atomic E-state index is 0.229. The summed E-state index contributed by atoms with van der Waals surface area (Å²) in [6, 6.07) is 17.1. The molecule has 1 aliphatic heterocycles. The van der Waals surface area contributed by atoms with Crippen LogP contribution < -0.4 is 14.5 Å². The number of rotatable bonds is 5. The van der Waals surface area contributed by atoms with Gasteiger partial charge in [-0.15, -0.1) is 0 Å². The van der Waals surface area contributed by atoms with E-state index in [1.165, 1.54) is 21.7 Å². The number of ether oxygens (including phenoxy) is 1. The zero-order valence-electron chi connectivity index (χ0n) is 17.6. The van der Waals surface area contributed by atoms with Crippen LogP contribution in [0, 0.1) is 0 Å². The molecule has 154 valence electrons. The number of benzene rings is 2. The third-order valence-electron chi connectivity index (χ3n) is 6.51. The van der Waals surface area contributed by atoms with Gasteiger partial charge in [0.2, 0.25) is 0 Å². The van der Waals surface area contributed by atoms with Crippen molar-refractivity contribution >= 4 is 11.6 Å². The van der Waals surface area contributed by atoms with Gasteiger partial charge in [0, 0.05) is 12.7 Å². The van der Waals surface area contributed by atoms with Gasteiger partial charge in [-0.05, 0) is 54.7 Å². The molecule has 0 radical (unpaired) electrons. The molecule has 4 rings (SSSR count). The summed E-state index contributed by atoms with van der Waals surface area (Å²) in [4.78, 5) is 18.8. The fourth-order valence-corrected chi connectivity index (χ4v) is 4.69. The van der Waals surface area contributed by atoms with Crippen LogP contribution in [0.5, 0.6) is 5.75 Å². The number of methoxy groups -OCH3 is 1. The molecule has 2 aliphatic rings. The van der Waals surface area contributed by atoms with Crippen molar-refractivity contribution in [2.45, 2.75) is 25.3 Å². The van der Waals surface area contributed by atoms with E-state index in [1.54, 1.807) is 7.11 Å². The summed E-state index contributed by atoms with van der Waals surface area (Å²) >= 11 is 0. The fourth-order valence-electron chi connectivity index (χ4n) is 4.69.